The fourth-order valence-electron chi connectivity index (χ4n) is 5.21. The first kappa shape index (κ1) is 31.8. The molecule has 3 rings (SSSR count). The lowest BCUT2D eigenvalue weighted by atomic mass is 9.92. The lowest BCUT2D eigenvalue weighted by Gasteiger charge is -2.36. The van der Waals surface area contributed by atoms with E-state index in [0.29, 0.717) is 32.2 Å². The van der Waals surface area contributed by atoms with E-state index in [1.807, 2.05) is 68.4 Å². The number of aliphatic hydroxyl groups is 1. The van der Waals surface area contributed by atoms with Gasteiger partial charge in [-0.2, -0.15) is 0 Å². The van der Waals surface area contributed by atoms with Crippen molar-refractivity contribution in [2.24, 2.45) is 17.8 Å². The monoisotopic (exact) mass is 560 g/mol. The quantitative estimate of drug-likeness (QED) is 0.245. The molecule has 0 fully saturated rings. The first-order valence-corrected chi connectivity index (χ1v) is 14.5. The Bertz CT molecular complexity index is 1180. The maximum Gasteiger partial charge on any atom is 0.309 e. The summed E-state index contributed by atoms with van der Waals surface area (Å²) in [6.45, 7) is 11.8. The molecule has 2 aromatic rings. The van der Waals surface area contributed by atoms with Gasteiger partial charge in [0.1, 0.15) is 6.61 Å². The second kappa shape index (κ2) is 15.9. The Morgan fingerprint density at radius 3 is 2.27 bits per heavy atom. The van der Waals surface area contributed by atoms with Crippen molar-refractivity contribution >= 4 is 17.8 Å². The predicted octanol–water partition coefficient (Wildman–Crippen LogP) is 4.63. The van der Waals surface area contributed by atoms with E-state index in [0.717, 1.165) is 16.7 Å². The molecule has 4 atom stereocenters. The summed E-state index contributed by atoms with van der Waals surface area (Å²) in [6.07, 6.45) is 5.30. The number of rotatable bonds is 15. The number of aliphatic hydroxyl groups excluding tert-OH is 1. The Kier molecular flexibility index (Phi) is 12.3. The lowest BCUT2D eigenvalue weighted by molar-refractivity contribution is -0.150. The number of benzene rings is 2. The van der Waals surface area contributed by atoms with Crippen LogP contribution >= 0.6 is 0 Å². The summed E-state index contributed by atoms with van der Waals surface area (Å²) in [6, 6.07) is 16.9. The minimum atomic E-state index is -0.625. The molecule has 0 aliphatic carbocycles. The smallest absolute Gasteiger partial charge is 0.309 e. The molecule has 220 valence electrons. The number of allylic oxidation sites excluding steroid dienone is 2. The predicted molar refractivity (Wildman–Crippen MR) is 161 cm³/mol. The third-order valence-electron chi connectivity index (χ3n) is 7.78. The number of hydrogen-bond acceptors (Lipinski definition) is 5. The summed E-state index contributed by atoms with van der Waals surface area (Å²) in [5.41, 5.74) is 3.23. The Morgan fingerprint density at radius 2 is 1.63 bits per heavy atom. The fraction of sp³-hybridized carbons (Fsp3) is 0.441. The molecule has 1 heterocycles. The summed E-state index contributed by atoms with van der Waals surface area (Å²) in [7, 11) is 0. The van der Waals surface area contributed by atoms with Crippen molar-refractivity contribution in [1.29, 1.82) is 0 Å². The van der Waals surface area contributed by atoms with Gasteiger partial charge in [-0.3, -0.25) is 14.4 Å². The molecule has 7 heteroatoms. The van der Waals surface area contributed by atoms with Crippen molar-refractivity contribution in [3.8, 4) is 0 Å². The topological polar surface area (TPSA) is 95.9 Å². The van der Waals surface area contributed by atoms with Crippen LogP contribution in [0.1, 0.15) is 49.8 Å². The van der Waals surface area contributed by atoms with E-state index in [2.05, 4.69) is 18.5 Å². The van der Waals surface area contributed by atoms with Crippen molar-refractivity contribution in [1.82, 2.24) is 10.2 Å². The van der Waals surface area contributed by atoms with Gasteiger partial charge >= 0.3 is 5.97 Å². The molecule has 1 aliphatic rings. The molecule has 0 spiro atoms. The third-order valence-corrected chi connectivity index (χ3v) is 7.78. The van der Waals surface area contributed by atoms with Crippen LogP contribution in [0.4, 0.5) is 0 Å². The second-order valence-corrected chi connectivity index (χ2v) is 11.2. The standard InChI is InChI=1S/C34H44N2O5/c1-5-12-27(20-32(38)36-21-29-17-11-10-16-26(29)19-30(36)22-37)33(39)35-31(24(3)4)23-41-34(40)28(13-6-2)18-25-14-8-7-9-15-25/h5-11,14-17,24,27-28,30-31,37H,1-2,12-13,18-23H2,3-4H3,(H,35,39)/t27-,28-,30-,31+/m0/s1. The van der Waals surface area contributed by atoms with Crippen molar-refractivity contribution in [3.63, 3.8) is 0 Å². The van der Waals surface area contributed by atoms with Crippen molar-refractivity contribution in [2.75, 3.05) is 13.2 Å². The second-order valence-electron chi connectivity index (χ2n) is 11.2. The van der Waals surface area contributed by atoms with Crippen molar-refractivity contribution in [2.45, 2.75) is 64.6 Å². The maximum atomic E-state index is 13.4. The van der Waals surface area contributed by atoms with Gasteiger partial charge in [-0.25, -0.2) is 0 Å². The summed E-state index contributed by atoms with van der Waals surface area (Å²) >= 11 is 0. The van der Waals surface area contributed by atoms with Gasteiger partial charge in [0.15, 0.2) is 0 Å². The van der Waals surface area contributed by atoms with Gasteiger partial charge in [0, 0.05) is 13.0 Å². The number of nitrogens with one attached hydrogen (secondary N) is 1. The molecule has 0 radical (unpaired) electrons. The largest absolute Gasteiger partial charge is 0.463 e. The van der Waals surface area contributed by atoms with E-state index in [1.165, 1.54) is 0 Å². The highest BCUT2D eigenvalue weighted by atomic mass is 16.5. The minimum absolute atomic E-state index is 0.000389. The van der Waals surface area contributed by atoms with Gasteiger partial charge in [-0.15, -0.1) is 13.2 Å². The van der Waals surface area contributed by atoms with Gasteiger partial charge in [0.2, 0.25) is 11.8 Å². The number of hydrogen-bond donors (Lipinski definition) is 2. The highest BCUT2D eigenvalue weighted by Crippen LogP contribution is 2.25. The zero-order valence-corrected chi connectivity index (χ0v) is 24.3. The molecule has 0 saturated carbocycles. The summed E-state index contributed by atoms with van der Waals surface area (Å²) in [5, 5.41) is 13.0. The molecule has 7 nitrogen and oxygen atoms in total. The number of esters is 1. The number of carbonyl (C=O) groups is 3. The zero-order valence-electron chi connectivity index (χ0n) is 24.3. The van der Waals surface area contributed by atoms with Gasteiger partial charge in [-0.1, -0.05) is 80.6 Å². The van der Waals surface area contributed by atoms with E-state index in [9.17, 15) is 19.5 Å². The molecular formula is C34H44N2O5. The van der Waals surface area contributed by atoms with Crippen LogP contribution < -0.4 is 5.32 Å². The molecule has 0 aromatic heterocycles. The van der Waals surface area contributed by atoms with Crippen LogP contribution in [0.3, 0.4) is 0 Å². The molecule has 2 N–H and O–H groups in total. The molecule has 0 unspecified atom stereocenters. The van der Waals surface area contributed by atoms with E-state index in [1.54, 1.807) is 17.1 Å². The number of nitrogens with zero attached hydrogens (tertiary/aromatic N) is 1. The minimum Gasteiger partial charge on any atom is -0.463 e. The van der Waals surface area contributed by atoms with Gasteiger partial charge in [0.25, 0.3) is 0 Å². The van der Waals surface area contributed by atoms with Crippen LogP contribution in [0.15, 0.2) is 79.9 Å². The lowest BCUT2D eigenvalue weighted by Crippen LogP contribution is -2.49. The third kappa shape index (κ3) is 9.15. The molecule has 2 amide bonds. The van der Waals surface area contributed by atoms with Crippen LogP contribution in [0.5, 0.6) is 0 Å². The summed E-state index contributed by atoms with van der Waals surface area (Å²) in [4.78, 5) is 41.5. The summed E-state index contributed by atoms with van der Waals surface area (Å²) in [5.74, 6) is -1.78. The first-order chi connectivity index (χ1) is 19.8. The Morgan fingerprint density at radius 1 is 1.00 bits per heavy atom. The van der Waals surface area contributed by atoms with E-state index >= 15 is 0 Å². The Balaban J connectivity index is 1.62. The number of amides is 2. The van der Waals surface area contributed by atoms with E-state index in [-0.39, 0.29) is 55.3 Å². The Hall–Kier alpha value is -3.71. The molecule has 0 saturated heterocycles. The molecule has 41 heavy (non-hydrogen) atoms. The van der Waals surface area contributed by atoms with Crippen LogP contribution in [0.25, 0.3) is 0 Å². The van der Waals surface area contributed by atoms with Gasteiger partial charge in [-0.05, 0) is 48.3 Å². The SMILES string of the molecule is C=CC[C@@H](CC(=O)N1Cc2ccccc2C[C@H]1CO)C(=O)N[C@H](COC(=O)[C@@H](CC=C)Cc1ccccc1)C(C)C. The van der Waals surface area contributed by atoms with Crippen LogP contribution in [-0.2, 0) is 38.5 Å². The first-order valence-electron chi connectivity index (χ1n) is 14.5. The molecule has 1 aliphatic heterocycles. The normalized spacial score (nSPS) is 16.7. The average Bonchev–Trinajstić information content (AvgIpc) is 2.98. The van der Waals surface area contributed by atoms with Crippen molar-refractivity contribution in [3.05, 3.63) is 96.6 Å². The molecular weight excluding hydrogens is 516 g/mol. The van der Waals surface area contributed by atoms with Gasteiger partial charge in [0.05, 0.1) is 30.5 Å². The molecule has 0 bridgehead atoms. The van der Waals surface area contributed by atoms with Crippen LogP contribution in [0.2, 0.25) is 0 Å². The number of carbonyl (C=O) groups excluding carboxylic acids is 3. The fourth-order valence-corrected chi connectivity index (χ4v) is 5.21. The average molecular weight is 561 g/mol. The zero-order chi connectivity index (χ0) is 29.8. The Labute approximate surface area is 244 Å². The van der Waals surface area contributed by atoms with Crippen LogP contribution in [0, 0.1) is 17.8 Å². The van der Waals surface area contributed by atoms with E-state index < -0.39 is 12.0 Å². The highest BCUT2D eigenvalue weighted by molar-refractivity contribution is 5.86. The van der Waals surface area contributed by atoms with E-state index in [4.69, 9.17) is 4.74 Å². The molecule has 2 aromatic carbocycles. The maximum absolute atomic E-state index is 13.4. The number of fused-ring (bicyclic) bond motifs is 1. The summed E-state index contributed by atoms with van der Waals surface area (Å²) < 4.78 is 5.71. The van der Waals surface area contributed by atoms with Gasteiger partial charge < -0.3 is 20.1 Å². The van der Waals surface area contributed by atoms with Crippen molar-refractivity contribution < 1.29 is 24.2 Å². The highest BCUT2D eigenvalue weighted by Gasteiger charge is 2.33. The van der Waals surface area contributed by atoms with Crippen LogP contribution in [-0.4, -0.2) is 53.1 Å². The number of ether oxygens (including phenoxy) is 1.